The summed E-state index contributed by atoms with van der Waals surface area (Å²) >= 11 is 0. The van der Waals surface area contributed by atoms with Gasteiger partial charge < -0.3 is 14.0 Å². The van der Waals surface area contributed by atoms with E-state index in [1.54, 1.807) is 0 Å². The van der Waals surface area contributed by atoms with E-state index in [0.29, 0.717) is 0 Å². The van der Waals surface area contributed by atoms with E-state index < -0.39 is 16.6 Å². The Kier molecular flexibility index (Phi) is 6.38. The molecule has 2 saturated carbocycles. The molecular weight excluding hydrogens is 368 g/mol. The van der Waals surface area contributed by atoms with Crippen LogP contribution in [0.2, 0.25) is 36.3 Å². The first-order chi connectivity index (χ1) is 12.1. The predicted octanol–water partition coefficient (Wildman–Crippen LogP) is 6.26. The maximum atomic E-state index is 9.52. The van der Waals surface area contributed by atoms with Crippen molar-refractivity contribution in [2.75, 3.05) is 6.61 Å². The van der Waals surface area contributed by atoms with E-state index in [4.69, 9.17) is 8.85 Å². The summed E-state index contributed by atoms with van der Waals surface area (Å²) in [6.45, 7) is 23.4. The van der Waals surface area contributed by atoms with Gasteiger partial charge in [-0.15, -0.1) is 0 Å². The van der Waals surface area contributed by atoms with Gasteiger partial charge in [0.1, 0.15) is 0 Å². The molecule has 2 unspecified atom stereocenters. The summed E-state index contributed by atoms with van der Waals surface area (Å²) in [6, 6.07) is 0. The highest BCUT2D eigenvalue weighted by Gasteiger charge is 2.61. The second-order valence-electron chi connectivity index (χ2n) is 11.9. The fourth-order valence-corrected chi connectivity index (χ4v) is 6.41. The van der Waals surface area contributed by atoms with E-state index in [1.807, 2.05) is 6.08 Å². The van der Waals surface area contributed by atoms with Crippen LogP contribution in [0.5, 0.6) is 0 Å². The Morgan fingerprint density at radius 2 is 1.26 bits per heavy atom. The zero-order valence-electron chi connectivity index (χ0n) is 19.5. The summed E-state index contributed by atoms with van der Waals surface area (Å²) < 4.78 is 14.0. The molecule has 2 fully saturated rings. The van der Waals surface area contributed by atoms with Gasteiger partial charge in [0.2, 0.25) is 0 Å². The van der Waals surface area contributed by atoms with Crippen molar-refractivity contribution in [2.45, 2.75) is 116 Å². The van der Waals surface area contributed by atoms with E-state index in [-0.39, 0.29) is 34.3 Å². The lowest BCUT2D eigenvalue weighted by molar-refractivity contribution is -0.00962. The molecule has 3 nitrogen and oxygen atoms in total. The van der Waals surface area contributed by atoms with Crippen LogP contribution in [0.25, 0.3) is 0 Å². The molecule has 5 heteroatoms. The largest absolute Gasteiger partial charge is 0.413 e. The van der Waals surface area contributed by atoms with Crippen molar-refractivity contribution in [2.24, 2.45) is 5.41 Å². The van der Waals surface area contributed by atoms with Gasteiger partial charge in [0.15, 0.2) is 16.6 Å². The lowest BCUT2D eigenvalue weighted by Gasteiger charge is -2.49. The highest BCUT2D eigenvalue weighted by atomic mass is 28.4. The average molecular weight is 413 g/mol. The summed E-state index contributed by atoms with van der Waals surface area (Å²) in [7, 11) is -3.70. The Bertz CT molecular complexity index is 521. The third-order valence-corrected chi connectivity index (χ3v) is 16.8. The van der Waals surface area contributed by atoms with Gasteiger partial charge in [0.25, 0.3) is 0 Å². The summed E-state index contributed by atoms with van der Waals surface area (Å²) in [5.74, 6) is 0. The van der Waals surface area contributed by atoms with Crippen molar-refractivity contribution >= 4 is 16.6 Å². The number of aliphatic hydroxyl groups excluding tert-OH is 1. The number of hydrogen-bond donors (Lipinski definition) is 1. The molecule has 1 N–H and O–H groups in total. The zero-order chi connectivity index (χ0) is 20.9. The normalized spacial score (nSPS) is 26.4. The lowest BCUT2D eigenvalue weighted by Crippen LogP contribution is -2.54. The summed E-state index contributed by atoms with van der Waals surface area (Å²) in [5.41, 5.74) is 1.51. The number of aliphatic hydroxyl groups is 1. The van der Waals surface area contributed by atoms with Gasteiger partial charge in [-0.05, 0) is 61.9 Å². The smallest absolute Gasteiger partial charge is 0.192 e. The Balaban J connectivity index is 2.32. The molecule has 0 radical (unpaired) electrons. The second kappa shape index (κ2) is 7.39. The van der Waals surface area contributed by atoms with Gasteiger partial charge in [0.05, 0.1) is 18.8 Å². The van der Waals surface area contributed by atoms with Crippen molar-refractivity contribution in [3.8, 4) is 0 Å². The van der Waals surface area contributed by atoms with Crippen LogP contribution in [0.1, 0.15) is 67.2 Å². The van der Waals surface area contributed by atoms with Crippen molar-refractivity contribution in [3.63, 3.8) is 0 Å². The molecule has 0 aliphatic heterocycles. The summed E-state index contributed by atoms with van der Waals surface area (Å²) in [4.78, 5) is 0. The SMILES string of the molecule is CC(C)(C)[Si](C)(C)OC1CC(=CCO)CC(O[Si](C)(C)C(C)(C)C)C12CC2. The third kappa shape index (κ3) is 4.80. The van der Waals surface area contributed by atoms with Crippen molar-refractivity contribution in [1.29, 1.82) is 0 Å². The van der Waals surface area contributed by atoms with E-state index in [1.165, 1.54) is 18.4 Å². The summed E-state index contributed by atoms with van der Waals surface area (Å²) in [6.07, 6.45) is 6.84. The fourth-order valence-electron chi connectivity index (χ4n) is 3.64. The molecular formula is C22H44O3Si2. The molecule has 0 amide bonds. The minimum atomic E-state index is -1.85. The fraction of sp³-hybridized carbons (Fsp3) is 0.909. The maximum absolute atomic E-state index is 9.52. The first-order valence-corrected chi connectivity index (χ1v) is 16.5. The number of hydrogen-bond acceptors (Lipinski definition) is 3. The topological polar surface area (TPSA) is 38.7 Å². The first kappa shape index (κ1) is 23.3. The molecule has 2 rings (SSSR count). The van der Waals surface area contributed by atoms with Crippen LogP contribution >= 0.6 is 0 Å². The van der Waals surface area contributed by atoms with Crippen LogP contribution in [-0.4, -0.2) is 40.6 Å². The highest BCUT2D eigenvalue weighted by molar-refractivity contribution is 6.74. The monoisotopic (exact) mass is 412 g/mol. The lowest BCUT2D eigenvalue weighted by atomic mass is 9.78. The van der Waals surface area contributed by atoms with E-state index in [0.717, 1.165) is 12.8 Å². The second-order valence-corrected chi connectivity index (χ2v) is 21.4. The summed E-state index contributed by atoms with van der Waals surface area (Å²) in [5, 5.41) is 9.93. The van der Waals surface area contributed by atoms with Crippen LogP contribution in [0.15, 0.2) is 11.6 Å². The Labute approximate surface area is 170 Å². The number of rotatable bonds is 5. The van der Waals surface area contributed by atoms with Crippen LogP contribution in [0.4, 0.5) is 0 Å². The van der Waals surface area contributed by atoms with Gasteiger partial charge in [-0.2, -0.15) is 0 Å². The molecule has 158 valence electrons. The van der Waals surface area contributed by atoms with E-state index in [2.05, 4.69) is 67.7 Å². The van der Waals surface area contributed by atoms with Crippen molar-refractivity contribution < 1.29 is 14.0 Å². The van der Waals surface area contributed by atoms with E-state index in [9.17, 15) is 5.11 Å². The van der Waals surface area contributed by atoms with Crippen LogP contribution < -0.4 is 0 Å². The molecule has 2 aliphatic rings. The Morgan fingerprint density at radius 1 is 0.889 bits per heavy atom. The van der Waals surface area contributed by atoms with Crippen molar-refractivity contribution in [3.05, 3.63) is 11.6 Å². The molecule has 2 atom stereocenters. The molecule has 0 saturated heterocycles. The van der Waals surface area contributed by atoms with Gasteiger partial charge in [0, 0.05) is 5.41 Å². The molecule has 0 aromatic heterocycles. The Hall–Kier alpha value is 0.0538. The van der Waals surface area contributed by atoms with Gasteiger partial charge in [-0.1, -0.05) is 53.2 Å². The molecule has 0 aromatic carbocycles. The zero-order valence-corrected chi connectivity index (χ0v) is 21.5. The van der Waals surface area contributed by atoms with E-state index >= 15 is 0 Å². The quantitative estimate of drug-likeness (QED) is 0.428. The highest BCUT2D eigenvalue weighted by Crippen LogP contribution is 2.61. The van der Waals surface area contributed by atoms with Gasteiger partial charge in [-0.3, -0.25) is 0 Å². The van der Waals surface area contributed by atoms with Crippen LogP contribution in [-0.2, 0) is 8.85 Å². The molecule has 27 heavy (non-hydrogen) atoms. The standard InChI is InChI=1S/C22H44O3Si2/c1-20(2,3)26(7,8)24-18-15-17(11-14-23)16-19(22(18)12-13-22)25-27(9,10)21(4,5)6/h11,18-19,23H,12-16H2,1-10H3. The molecule has 0 heterocycles. The molecule has 2 aliphatic carbocycles. The molecule has 0 bridgehead atoms. The predicted molar refractivity (Wildman–Crippen MR) is 120 cm³/mol. The van der Waals surface area contributed by atoms with Gasteiger partial charge in [-0.25, -0.2) is 0 Å². The minimum absolute atomic E-state index is 0.113. The first-order valence-electron chi connectivity index (χ1n) is 10.7. The molecule has 1 spiro atoms. The third-order valence-electron chi connectivity index (χ3n) is 7.87. The average Bonchev–Trinajstić information content (AvgIpc) is 3.23. The van der Waals surface area contributed by atoms with Crippen LogP contribution in [0, 0.1) is 5.41 Å². The van der Waals surface area contributed by atoms with Crippen molar-refractivity contribution in [1.82, 2.24) is 0 Å². The molecule has 0 aromatic rings. The Morgan fingerprint density at radius 3 is 1.52 bits per heavy atom. The minimum Gasteiger partial charge on any atom is -0.413 e. The van der Waals surface area contributed by atoms with Crippen LogP contribution in [0.3, 0.4) is 0 Å². The maximum Gasteiger partial charge on any atom is 0.192 e. The van der Waals surface area contributed by atoms with Gasteiger partial charge >= 0.3 is 0 Å².